The van der Waals surface area contributed by atoms with Gasteiger partial charge in [-0.3, -0.25) is 4.90 Å². The summed E-state index contributed by atoms with van der Waals surface area (Å²) in [4.78, 5) is 4.15. The fourth-order valence-corrected chi connectivity index (χ4v) is 2.74. The zero-order chi connectivity index (χ0) is 13.8. The molecular weight excluding hydrogens is 336 g/mol. The molecule has 0 radical (unpaired) electrons. The van der Waals surface area contributed by atoms with Gasteiger partial charge < -0.3 is 10.2 Å². The second-order valence-corrected chi connectivity index (χ2v) is 5.46. The number of nitrogens with zero attached hydrogens (tertiary/aromatic N) is 2. The highest BCUT2D eigenvalue weighted by atomic mass is 35.5. The molecule has 1 N–H and O–H groups in total. The smallest absolute Gasteiger partial charge is 0.109 e. The monoisotopic (exact) mass is 357 g/mol. The summed E-state index contributed by atoms with van der Waals surface area (Å²) in [5.74, 6) is 0. The quantitative estimate of drug-likeness (QED) is 0.892. The van der Waals surface area contributed by atoms with Crippen LogP contribution in [0, 0.1) is 0 Å². The SMILES string of the molecule is CN(C)c1ccc([C@@H](CF)N2CCNCC2)c(Cl)c1.Cl.Cl. The van der Waals surface area contributed by atoms with E-state index in [0.29, 0.717) is 5.02 Å². The summed E-state index contributed by atoms with van der Waals surface area (Å²) < 4.78 is 13.4. The van der Waals surface area contributed by atoms with Gasteiger partial charge in [0.2, 0.25) is 0 Å². The molecule has 1 atom stereocenters. The second kappa shape index (κ2) is 9.70. The molecule has 7 heteroatoms. The zero-order valence-corrected chi connectivity index (χ0v) is 14.7. The van der Waals surface area contributed by atoms with E-state index in [-0.39, 0.29) is 30.9 Å². The highest BCUT2D eigenvalue weighted by Gasteiger charge is 2.24. The fourth-order valence-electron chi connectivity index (χ4n) is 2.44. The Morgan fingerprint density at radius 1 is 1.29 bits per heavy atom. The molecule has 0 amide bonds. The Labute approximate surface area is 143 Å². The molecule has 0 saturated carbocycles. The minimum Gasteiger partial charge on any atom is -0.378 e. The van der Waals surface area contributed by atoms with Crippen molar-refractivity contribution in [1.29, 1.82) is 0 Å². The molecule has 1 aliphatic heterocycles. The second-order valence-electron chi connectivity index (χ2n) is 5.06. The first-order valence-electron chi connectivity index (χ1n) is 6.61. The number of nitrogens with one attached hydrogen (secondary N) is 1. The van der Waals surface area contributed by atoms with Crippen molar-refractivity contribution in [3.05, 3.63) is 28.8 Å². The summed E-state index contributed by atoms with van der Waals surface area (Å²) in [6.07, 6.45) is 0. The maximum absolute atomic E-state index is 13.4. The van der Waals surface area contributed by atoms with Crippen LogP contribution in [0.1, 0.15) is 11.6 Å². The fraction of sp³-hybridized carbons (Fsp3) is 0.571. The third-order valence-electron chi connectivity index (χ3n) is 3.60. The van der Waals surface area contributed by atoms with E-state index in [1.165, 1.54) is 0 Å². The van der Waals surface area contributed by atoms with Crippen molar-refractivity contribution in [2.45, 2.75) is 6.04 Å². The van der Waals surface area contributed by atoms with Gasteiger partial charge >= 0.3 is 0 Å². The Balaban J connectivity index is 0.00000200. The van der Waals surface area contributed by atoms with E-state index < -0.39 is 6.67 Å². The molecule has 1 aromatic rings. The van der Waals surface area contributed by atoms with Gasteiger partial charge in [-0.1, -0.05) is 17.7 Å². The van der Waals surface area contributed by atoms with Crippen molar-refractivity contribution < 1.29 is 4.39 Å². The van der Waals surface area contributed by atoms with Crippen LogP contribution in [0.4, 0.5) is 10.1 Å². The number of rotatable bonds is 4. The average Bonchev–Trinajstić information content (AvgIpc) is 2.42. The van der Waals surface area contributed by atoms with Crippen molar-refractivity contribution in [2.24, 2.45) is 0 Å². The first-order valence-corrected chi connectivity index (χ1v) is 6.98. The Morgan fingerprint density at radius 2 is 1.90 bits per heavy atom. The lowest BCUT2D eigenvalue weighted by atomic mass is 10.0. The van der Waals surface area contributed by atoms with Crippen LogP contribution in [0.25, 0.3) is 0 Å². The van der Waals surface area contributed by atoms with E-state index in [0.717, 1.165) is 37.4 Å². The van der Waals surface area contributed by atoms with E-state index in [9.17, 15) is 4.39 Å². The van der Waals surface area contributed by atoms with Crippen molar-refractivity contribution in [3.63, 3.8) is 0 Å². The molecule has 122 valence electrons. The Hall–Kier alpha value is -0.260. The van der Waals surface area contributed by atoms with Crippen LogP contribution in [-0.4, -0.2) is 51.8 Å². The van der Waals surface area contributed by atoms with Gasteiger partial charge in [0.1, 0.15) is 6.67 Å². The van der Waals surface area contributed by atoms with Gasteiger partial charge in [-0.2, -0.15) is 0 Å². The third kappa shape index (κ3) is 5.15. The van der Waals surface area contributed by atoms with Gasteiger partial charge in [-0.15, -0.1) is 24.8 Å². The lowest BCUT2D eigenvalue weighted by Crippen LogP contribution is -2.45. The number of alkyl halides is 1. The summed E-state index contributed by atoms with van der Waals surface area (Å²) in [5, 5.41) is 3.93. The zero-order valence-electron chi connectivity index (χ0n) is 12.3. The van der Waals surface area contributed by atoms with E-state index in [1.807, 2.05) is 37.2 Å². The molecule has 0 unspecified atom stereocenters. The van der Waals surface area contributed by atoms with Gasteiger partial charge in [0, 0.05) is 51.0 Å². The number of benzene rings is 1. The van der Waals surface area contributed by atoms with Crippen LogP contribution in [0.3, 0.4) is 0 Å². The molecule has 0 aromatic heterocycles. The largest absolute Gasteiger partial charge is 0.378 e. The van der Waals surface area contributed by atoms with Crippen LogP contribution in [0.15, 0.2) is 18.2 Å². The summed E-state index contributed by atoms with van der Waals surface area (Å²) in [6.45, 7) is 3.13. The molecule has 21 heavy (non-hydrogen) atoms. The number of hydrogen-bond acceptors (Lipinski definition) is 3. The standard InChI is InChI=1S/C14H21ClFN3.2ClH/c1-18(2)11-3-4-12(13(15)9-11)14(10-16)19-7-5-17-6-8-19;;/h3-4,9,14,17H,5-8,10H2,1-2H3;2*1H/t14-;;/m1../s1. The number of halogens is 4. The number of anilines is 1. The topological polar surface area (TPSA) is 18.5 Å². The molecule has 0 spiro atoms. The van der Waals surface area contributed by atoms with Crippen LogP contribution >= 0.6 is 36.4 Å². The van der Waals surface area contributed by atoms with Gasteiger partial charge in [-0.25, -0.2) is 4.39 Å². The molecule has 1 aromatic carbocycles. The van der Waals surface area contributed by atoms with Gasteiger partial charge in [0.05, 0.1) is 6.04 Å². The summed E-state index contributed by atoms with van der Waals surface area (Å²) in [7, 11) is 3.93. The first kappa shape index (κ1) is 20.7. The van der Waals surface area contributed by atoms with E-state index in [1.54, 1.807) is 0 Å². The number of piperazine rings is 1. The van der Waals surface area contributed by atoms with Crippen LogP contribution in [-0.2, 0) is 0 Å². The first-order chi connectivity index (χ1) is 9.13. The average molecular weight is 359 g/mol. The van der Waals surface area contributed by atoms with E-state index >= 15 is 0 Å². The highest BCUT2D eigenvalue weighted by molar-refractivity contribution is 6.31. The third-order valence-corrected chi connectivity index (χ3v) is 3.93. The predicted molar refractivity (Wildman–Crippen MR) is 93.4 cm³/mol. The molecule has 1 fully saturated rings. The summed E-state index contributed by atoms with van der Waals surface area (Å²) in [5.41, 5.74) is 1.92. The van der Waals surface area contributed by atoms with Crippen LogP contribution in [0.2, 0.25) is 5.02 Å². The maximum Gasteiger partial charge on any atom is 0.109 e. The molecular formula is C14H23Cl3FN3. The molecule has 1 aliphatic rings. The lowest BCUT2D eigenvalue weighted by Gasteiger charge is -2.34. The van der Waals surface area contributed by atoms with Crippen molar-refractivity contribution in [2.75, 3.05) is 51.8 Å². The highest BCUT2D eigenvalue weighted by Crippen LogP contribution is 2.31. The molecule has 0 aliphatic carbocycles. The summed E-state index contributed by atoms with van der Waals surface area (Å²) >= 11 is 6.33. The lowest BCUT2D eigenvalue weighted by molar-refractivity contribution is 0.147. The maximum atomic E-state index is 13.4. The normalized spacial score (nSPS) is 16.6. The van der Waals surface area contributed by atoms with Crippen LogP contribution < -0.4 is 10.2 Å². The molecule has 1 saturated heterocycles. The van der Waals surface area contributed by atoms with Gasteiger partial charge in [0.25, 0.3) is 0 Å². The van der Waals surface area contributed by atoms with Crippen molar-refractivity contribution in [3.8, 4) is 0 Å². The Morgan fingerprint density at radius 3 is 2.38 bits per heavy atom. The minimum atomic E-state index is -0.402. The van der Waals surface area contributed by atoms with E-state index in [2.05, 4.69) is 10.2 Å². The summed E-state index contributed by atoms with van der Waals surface area (Å²) in [6, 6.07) is 5.61. The minimum absolute atomic E-state index is 0. The molecule has 3 nitrogen and oxygen atoms in total. The Kier molecular flexibility index (Phi) is 9.58. The molecule has 1 heterocycles. The molecule has 2 rings (SSSR count). The van der Waals surface area contributed by atoms with Gasteiger partial charge in [0.15, 0.2) is 0 Å². The Bertz CT molecular complexity index is 426. The van der Waals surface area contributed by atoms with Gasteiger partial charge in [-0.05, 0) is 17.7 Å². The van der Waals surface area contributed by atoms with E-state index in [4.69, 9.17) is 11.6 Å². The van der Waals surface area contributed by atoms with Crippen molar-refractivity contribution >= 4 is 42.1 Å². The predicted octanol–water partition coefficient (Wildman–Crippen LogP) is 3.17. The van der Waals surface area contributed by atoms with Crippen LogP contribution in [0.5, 0.6) is 0 Å². The van der Waals surface area contributed by atoms with Crippen molar-refractivity contribution in [1.82, 2.24) is 10.2 Å². The number of hydrogen-bond donors (Lipinski definition) is 1. The molecule has 0 bridgehead atoms.